The van der Waals surface area contributed by atoms with E-state index in [-0.39, 0.29) is 4.90 Å². The summed E-state index contributed by atoms with van der Waals surface area (Å²) in [6, 6.07) is 9.48. The van der Waals surface area contributed by atoms with E-state index in [9.17, 15) is 17.6 Å². The van der Waals surface area contributed by atoms with Crippen molar-refractivity contribution in [3.05, 3.63) is 53.8 Å². The van der Waals surface area contributed by atoms with Gasteiger partial charge in [-0.05, 0) is 55.0 Å². The van der Waals surface area contributed by atoms with Crippen molar-refractivity contribution in [1.29, 1.82) is 0 Å². The summed E-state index contributed by atoms with van der Waals surface area (Å²) in [6.45, 7) is 1.90. The smallest absolute Gasteiger partial charge is 0.255 e. The standard InChI is InChI=1S/C19H22FN3O5S/c1-4-28-17-10-5-14(11-18(17)27-3)12-21-22-19(24)13-23(2)29(25,26)16-8-6-15(20)7-9-16/h5-12H,4,13H2,1-3H3,(H,22,24)/b21-12-. The number of hydrogen-bond acceptors (Lipinski definition) is 6. The maximum absolute atomic E-state index is 13.0. The molecule has 2 rings (SSSR count). The molecule has 0 unspecified atom stereocenters. The van der Waals surface area contributed by atoms with Crippen LogP contribution < -0.4 is 14.9 Å². The molecule has 1 amide bonds. The number of rotatable bonds is 9. The molecule has 10 heteroatoms. The highest BCUT2D eigenvalue weighted by Gasteiger charge is 2.22. The van der Waals surface area contributed by atoms with Gasteiger partial charge in [0.2, 0.25) is 10.0 Å². The SMILES string of the molecule is CCOc1ccc(/C=N\NC(=O)CN(C)S(=O)(=O)c2ccc(F)cc2)cc1OC. The van der Waals surface area contributed by atoms with Crippen molar-refractivity contribution in [1.82, 2.24) is 9.73 Å². The molecule has 2 aromatic rings. The summed E-state index contributed by atoms with van der Waals surface area (Å²) in [5, 5.41) is 3.82. The topological polar surface area (TPSA) is 97.3 Å². The second kappa shape index (κ2) is 9.99. The Bertz CT molecular complexity index is 978. The normalized spacial score (nSPS) is 11.6. The van der Waals surface area contributed by atoms with E-state index in [2.05, 4.69) is 10.5 Å². The molecule has 156 valence electrons. The summed E-state index contributed by atoms with van der Waals surface area (Å²) < 4.78 is 49.3. The predicted molar refractivity (Wildman–Crippen MR) is 106 cm³/mol. The number of likely N-dealkylation sites (N-methyl/N-ethyl adjacent to an activating group) is 1. The van der Waals surface area contributed by atoms with Crippen molar-refractivity contribution >= 4 is 22.1 Å². The first-order valence-corrected chi connectivity index (χ1v) is 10.1. The largest absolute Gasteiger partial charge is 0.493 e. The third kappa shape index (κ3) is 6.00. The highest BCUT2D eigenvalue weighted by Crippen LogP contribution is 2.27. The second-order valence-corrected chi connectivity index (χ2v) is 7.90. The van der Waals surface area contributed by atoms with Crippen LogP contribution >= 0.6 is 0 Å². The summed E-state index contributed by atoms with van der Waals surface area (Å²) >= 11 is 0. The Labute approximate surface area is 169 Å². The van der Waals surface area contributed by atoms with Gasteiger partial charge < -0.3 is 9.47 Å². The number of carbonyl (C=O) groups excluding carboxylic acids is 1. The van der Waals surface area contributed by atoms with Crippen molar-refractivity contribution in [2.75, 3.05) is 27.3 Å². The maximum Gasteiger partial charge on any atom is 0.255 e. The lowest BCUT2D eigenvalue weighted by molar-refractivity contribution is -0.121. The summed E-state index contributed by atoms with van der Waals surface area (Å²) in [7, 11) is -1.16. The van der Waals surface area contributed by atoms with Gasteiger partial charge in [-0.15, -0.1) is 0 Å². The van der Waals surface area contributed by atoms with Crippen LogP contribution in [-0.2, 0) is 14.8 Å². The van der Waals surface area contributed by atoms with Gasteiger partial charge in [-0.3, -0.25) is 4.79 Å². The van der Waals surface area contributed by atoms with Crippen LogP contribution in [0.1, 0.15) is 12.5 Å². The Morgan fingerprint density at radius 2 is 1.90 bits per heavy atom. The first-order chi connectivity index (χ1) is 13.8. The van der Waals surface area contributed by atoms with Gasteiger partial charge in [0, 0.05) is 7.05 Å². The van der Waals surface area contributed by atoms with Crippen molar-refractivity contribution in [2.45, 2.75) is 11.8 Å². The van der Waals surface area contributed by atoms with E-state index in [4.69, 9.17) is 9.47 Å². The molecule has 0 aliphatic rings. The average molecular weight is 423 g/mol. The minimum absolute atomic E-state index is 0.112. The van der Waals surface area contributed by atoms with Gasteiger partial charge in [-0.1, -0.05) is 0 Å². The lowest BCUT2D eigenvalue weighted by Gasteiger charge is -2.16. The molecule has 0 aromatic heterocycles. The van der Waals surface area contributed by atoms with Crippen LogP contribution in [0, 0.1) is 5.82 Å². The van der Waals surface area contributed by atoms with E-state index >= 15 is 0 Å². The molecule has 1 N–H and O–H groups in total. The highest BCUT2D eigenvalue weighted by molar-refractivity contribution is 7.89. The number of carbonyl (C=O) groups is 1. The van der Waals surface area contributed by atoms with Crippen LogP contribution in [0.25, 0.3) is 0 Å². The molecule has 29 heavy (non-hydrogen) atoms. The zero-order valence-corrected chi connectivity index (χ0v) is 17.1. The van der Waals surface area contributed by atoms with Crippen molar-refractivity contribution < 1.29 is 27.1 Å². The van der Waals surface area contributed by atoms with Crippen molar-refractivity contribution in [3.63, 3.8) is 0 Å². The zero-order valence-electron chi connectivity index (χ0n) is 16.3. The van der Waals surface area contributed by atoms with E-state index in [1.165, 1.54) is 20.4 Å². The van der Waals surface area contributed by atoms with E-state index < -0.39 is 28.3 Å². The van der Waals surface area contributed by atoms with Gasteiger partial charge in [-0.2, -0.15) is 9.41 Å². The highest BCUT2D eigenvalue weighted by atomic mass is 32.2. The van der Waals surface area contributed by atoms with Gasteiger partial charge >= 0.3 is 0 Å². The van der Waals surface area contributed by atoms with E-state index in [0.29, 0.717) is 23.7 Å². The van der Waals surface area contributed by atoms with Crippen LogP contribution in [0.3, 0.4) is 0 Å². The Morgan fingerprint density at radius 1 is 1.21 bits per heavy atom. The van der Waals surface area contributed by atoms with Crippen LogP contribution in [0.15, 0.2) is 52.5 Å². The summed E-state index contributed by atoms with van der Waals surface area (Å²) in [4.78, 5) is 11.9. The fraction of sp³-hybridized carbons (Fsp3) is 0.263. The fourth-order valence-corrected chi connectivity index (χ4v) is 3.45. The molecule has 0 atom stereocenters. The minimum Gasteiger partial charge on any atom is -0.493 e. The molecule has 0 aliphatic heterocycles. The Hall–Kier alpha value is -2.98. The molecule has 8 nitrogen and oxygen atoms in total. The average Bonchev–Trinajstić information content (AvgIpc) is 2.69. The molecule has 0 spiro atoms. The lowest BCUT2D eigenvalue weighted by Crippen LogP contribution is -2.36. The number of halogens is 1. The maximum atomic E-state index is 13.0. The first kappa shape index (κ1) is 22.3. The summed E-state index contributed by atoms with van der Waals surface area (Å²) in [5.41, 5.74) is 2.92. The minimum atomic E-state index is -3.92. The molecule has 0 radical (unpaired) electrons. The van der Waals surface area contributed by atoms with Crippen LogP contribution in [0.4, 0.5) is 4.39 Å². The van der Waals surface area contributed by atoms with E-state index in [1.54, 1.807) is 18.2 Å². The van der Waals surface area contributed by atoms with Gasteiger partial charge in [0.15, 0.2) is 11.5 Å². The molecule has 0 heterocycles. The van der Waals surface area contributed by atoms with Crippen molar-refractivity contribution in [3.8, 4) is 11.5 Å². The number of ether oxygens (including phenoxy) is 2. The molecule has 0 aliphatic carbocycles. The Morgan fingerprint density at radius 3 is 2.52 bits per heavy atom. The third-order valence-corrected chi connectivity index (χ3v) is 5.60. The van der Waals surface area contributed by atoms with Gasteiger partial charge in [0.1, 0.15) is 5.82 Å². The lowest BCUT2D eigenvalue weighted by atomic mass is 10.2. The number of methoxy groups -OCH3 is 1. The number of benzene rings is 2. The van der Waals surface area contributed by atoms with Crippen LogP contribution in [0.2, 0.25) is 0 Å². The van der Waals surface area contributed by atoms with Crippen LogP contribution in [0.5, 0.6) is 11.5 Å². The molecule has 2 aromatic carbocycles. The molecule has 0 bridgehead atoms. The molecule has 0 saturated carbocycles. The van der Waals surface area contributed by atoms with Gasteiger partial charge in [0.05, 0.1) is 31.4 Å². The Balaban J connectivity index is 1.97. The summed E-state index contributed by atoms with van der Waals surface area (Å²) in [6.07, 6.45) is 1.39. The molecule has 0 fully saturated rings. The second-order valence-electron chi connectivity index (χ2n) is 5.85. The monoisotopic (exact) mass is 423 g/mol. The number of nitrogens with zero attached hydrogens (tertiary/aromatic N) is 2. The molecule has 0 saturated heterocycles. The van der Waals surface area contributed by atoms with Gasteiger partial charge in [0.25, 0.3) is 5.91 Å². The number of nitrogens with one attached hydrogen (secondary N) is 1. The van der Waals surface area contributed by atoms with E-state index in [1.807, 2.05) is 6.92 Å². The summed E-state index contributed by atoms with van der Waals surface area (Å²) in [5.74, 6) is -0.0759. The zero-order chi connectivity index (χ0) is 21.4. The Kier molecular flexibility index (Phi) is 7.68. The fourth-order valence-electron chi connectivity index (χ4n) is 2.33. The number of sulfonamides is 1. The quantitative estimate of drug-likeness (QED) is 0.492. The number of amides is 1. The number of hydrogen-bond donors (Lipinski definition) is 1. The van der Waals surface area contributed by atoms with E-state index in [0.717, 1.165) is 28.6 Å². The van der Waals surface area contributed by atoms with Gasteiger partial charge in [-0.25, -0.2) is 18.2 Å². The third-order valence-electron chi connectivity index (χ3n) is 3.78. The molecular weight excluding hydrogens is 401 g/mol. The molecular formula is C19H22FN3O5S. The van der Waals surface area contributed by atoms with Crippen molar-refractivity contribution in [2.24, 2.45) is 5.10 Å². The number of hydrazone groups is 1. The first-order valence-electron chi connectivity index (χ1n) is 8.62. The predicted octanol–water partition coefficient (Wildman–Crippen LogP) is 2.00. The van der Waals surface area contributed by atoms with Crippen LogP contribution in [-0.4, -0.2) is 52.2 Å².